The molecule has 6 rings (SSSR count). The molecule has 0 unspecified atom stereocenters. The molecular weight excluding hydrogens is 528 g/mol. The van der Waals surface area contributed by atoms with Crippen molar-refractivity contribution in [2.24, 2.45) is 0 Å². The molecule has 0 aliphatic rings. The highest BCUT2D eigenvalue weighted by Gasteiger charge is 1.80. The van der Waals surface area contributed by atoms with Gasteiger partial charge in [0.05, 0.1) is 19.2 Å². The summed E-state index contributed by atoms with van der Waals surface area (Å²) in [4.78, 5) is 0. The van der Waals surface area contributed by atoms with Crippen LogP contribution in [0, 0.1) is 41.5 Å². The number of rotatable bonds is 0. The Hall–Kier alpha value is -4.68. The molecule has 6 aromatic carbocycles. The van der Waals surface area contributed by atoms with Gasteiger partial charge in [0, 0.05) is 0 Å². The second kappa shape index (κ2) is 28.4. The third-order valence-electron chi connectivity index (χ3n) is 4.67. The molecule has 0 heteroatoms. The molecular formula is C44H54. The van der Waals surface area contributed by atoms with Crippen molar-refractivity contribution in [3.8, 4) is 0 Å². The number of hydrogen-bond donors (Lipinski definition) is 0. The van der Waals surface area contributed by atoms with Crippen LogP contribution in [0.1, 0.15) is 66.4 Å². The fourth-order valence-electron chi connectivity index (χ4n) is 2.52. The van der Waals surface area contributed by atoms with E-state index in [9.17, 15) is 0 Å². The highest BCUT2D eigenvalue weighted by Crippen LogP contribution is 1.99. The molecule has 0 atom stereocenters. The van der Waals surface area contributed by atoms with Crippen LogP contribution in [0.5, 0.6) is 0 Å². The summed E-state index contributed by atoms with van der Waals surface area (Å²) in [6, 6.07) is 30.5. The number of aryl methyl sites for hydroxylation is 2. The van der Waals surface area contributed by atoms with Gasteiger partial charge in [0.2, 0.25) is 0 Å². The normalized spacial score (nSPS) is 12.9. The Bertz CT molecular complexity index is 1600. The van der Waals surface area contributed by atoms with Gasteiger partial charge in [-0.15, -0.1) is 0 Å². The molecule has 0 radical (unpaired) electrons. The summed E-state index contributed by atoms with van der Waals surface area (Å²) in [5, 5.41) is 0. The molecule has 0 N–H and O–H groups in total. The first-order valence-corrected chi connectivity index (χ1v) is 14.3. The van der Waals surface area contributed by atoms with Crippen molar-refractivity contribution >= 4 is 0 Å². The van der Waals surface area contributed by atoms with Crippen molar-refractivity contribution in [2.75, 3.05) is 0 Å². The highest BCUT2D eigenvalue weighted by molar-refractivity contribution is 5.19. The third-order valence-corrected chi connectivity index (χ3v) is 4.67. The van der Waals surface area contributed by atoms with Crippen molar-refractivity contribution in [2.45, 2.75) is 55.4 Å². The zero-order valence-corrected chi connectivity index (χ0v) is 27.2. The maximum absolute atomic E-state index is 7.43. The molecule has 0 fully saturated rings. The Balaban J connectivity index is 0.000000679. The topological polar surface area (TPSA) is 0 Å². The Morgan fingerprint density at radius 3 is 0.682 bits per heavy atom. The van der Waals surface area contributed by atoms with E-state index in [-0.39, 0.29) is 84.6 Å². The fourth-order valence-corrected chi connectivity index (χ4v) is 2.52. The van der Waals surface area contributed by atoms with E-state index < -0.39 is 0 Å². The van der Waals surface area contributed by atoms with Crippen LogP contribution in [-0.4, -0.2) is 0 Å². The van der Waals surface area contributed by atoms with Crippen LogP contribution in [-0.2, 0) is 0 Å². The van der Waals surface area contributed by atoms with Gasteiger partial charge in [0.1, 0.15) is 0 Å². The van der Waals surface area contributed by atoms with E-state index in [4.69, 9.17) is 19.2 Å². The van der Waals surface area contributed by atoms with Crippen molar-refractivity contribution < 1.29 is 19.2 Å². The minimum absolute atomic E-state index is 0.0634. The van der Waals surface area contributed by atoms with Crippen LogP contribution in [0.15, 0.2) is 182 Å². The van der Waals surface area contributed by atoms with E-state index in [0.717, 1.165) is 0 Å². The van der Waals surface area contributed by atoms with Crippen molar-refractivity contribution in [3.63, 3.8) is 0 Å². The van der Waals surface area contributed by atoms with E-state index in [0.29, 0.717) is 22.3 Å². The zero-order chi connectivity index (χ0) is 44.9. The van der Waals surface area contributed by atoms with Gasteiger partial charge in [0.25, 0.3) is 0 Å². The van der Waals surface area contributed by atoms with E-state index in [1.807, 2.05) is 86.6 Å². The first kappa shape index (κ1) is 21.1. The van der Waals surface area contributed by atoms with Gasteiger partial charge in [-0.3, -0.25) is 0 Å². The molecule has 0 nitrogen and oxygen atoms in total. The van der Waals surface area contributed by atoms with Gasteiger partial charge in [-0.05, 0) is 41.5 Å². The molecule has 0 bridgehead atoms. The maximum atomic E-state index is 7.43. The Morgan fingerprint density at radius 2 is 0.477 bits per heavy atom. The molecule has 0 aliphatic heterocycles. The lowest BCUT2D eigenvalue weighted by atomic mass is 10.2. The zero-order valence-electron chi connectivity index (χ0n) is 41.2. The average molecular weight is 597 g/mol. The minimum Gasteiger partial charge on any atom is -0.0683 e. The summed E-state index contributed by atoms with van der Waals surface area (Å²) in [6.45, 7) is 14.4. The third kappa shape index (κ3) is 26.2. The lowest BCUT2D eigenvalue weighted by Crippen LogP contribution is -1.70. The van der Waals surface area contributed by atoms with Crippen LogP contribution >= 0.6 is 0 Å². The Kier molecular flexibility index (Phi) is 13.6. The summed E-state index contributed by atoms with van der Waals surface area (Å²) in [5.41, 5.74) is 4.05. The van der Waals surface area contributed by atoms with Gasteiger partial charge in [0.15, 0.2) is 0 Å². The van der Waals surface area contributed by atoms with E-state index in [1.165, 1.54) is 25.0 Å². The second-order valence-corrected chi connectivity index (χ2v) is 8.71. The second-order valence-electron chi connectivity index (χ2n) is 8.71. The quantitative estimate of drug-likeness (QED) is 0.164. The highest BCUT2D eigenvalue weighted by atomic mass is 13.9. The molecule has 230 valence electrons. The molecule has 0 aliphatic carbocycles. The average Bonchev–Trinajstić information content (AvgIpc) is 3.25. The van der Waals surface area contributed by atoms with Crippen LogP contribution in [0.25, 0.3) is 0 Å². The summed E-state index contributed by atoms with van der Waals surface area (Å²) in [5.74, 6) is 0. The minimum atomic E-state index is -0.337. The molecule has 0 amide bonds. The van der Waals surface area contributed by atoms with Crippen LogP contribution < -0.4 is 0 Å². The predicted molar refractivity (Wildman–Crippen MR) is 198 cm³/mol. The molecule has 6 aromatic rings. The predicted octanol–water partition coefficient (Wildman–Crippen LogP) is 13.0. The SMILES string of the molecule is CC.Cc1ccccc1.Cc1ccccc1.[2H]c1c([2H])c(C)c([2H])c([2H])c1C.[2H]c1c([2H])c([2H])c(C)c([2H])c1[2H].[2H]c1c([2H])c([2H])c(C)c([2H])c1[2H].c1ccccc1. The molecule has 44 heavy (non-hydrogen) atoms. The first-order valence-electron chi connectivity index (χ1n) is 21.3. The van der Waals surface area contributed by atoms with Crippen LogP contribution in [0.4, 0.5) is 0 Å². The monoisotopic (exact) mass is 597 g/mol. The Morgan fingerprint density at radius 1 is 0.273 bits per heavy atom. The molecule has 0 heterocycles. The van der Waals surface area contributed by atoms with Crippen LogP contribution in [0.3, 0.4) is 0 Å². The molecule has 0 saturated carbocycles. The number of hydrogen-bond acceptors (Lipinski definition) is 0. The van der Waals surface area contributed by atoms with Gasteiger partial charge in [-0.1, -0.05) is 229 Å². The Labute approximate surface area is 289 Å². The van der Waals surface area contributed by atoms with Gasteiger partial charge < -0.3 is 0 Å². The van der Waals surface area contributed by atoms with Crippen molar-refractivity contribution in [1.82, 2.24) is 0 Å². The molecule has 0 saturated heterocycles. The molecule has 0 aromatic heterocycles. The van der Waals surface area contributed by atoms with Crippen molar-refractivity contribution in [3.05, 3.63) is 215 Å². The van der Waals surface area contributed by atoms with Gasteiger partial charge in [-0.2, -0.15) is 0 Å². The summed E-state index contributed by atoms with van der Waals surface area (Å²) < 4.78 is 102. The van der Waals surface area contributed by atoms with E-state index >= 15 is 0 Å². The summed E-state index contributed by atoms with van der Waals surface area (Å²) >= 11 is 0. The largest absolute Gasteiger partial charge is 0.0683 e. The first-order chi connectivity index (χ1) is 27.2. The smallest absolute Gasteiger partial charge is 0.0626 e. The summed E-state index contributed by atoms with van der Waals surface area (Å²) in [6.07, 6.45) is 0. The summed E-state index contributed by atoms with van der Waals surface area (Å²) in [7, 11) is 0. The lowest BCUT2D eigenvalue weighted by molar-refractivity contribution is 1.40. The van der Waals surface area contributed by atoms with Crippen molar-refractivity contribution in [1.29, 1.82) is 0 Å². The van der Waals surface area contributed by atoms with E-state index in [1.54, 1.807) is 13.8 Å². The van der Waals surface area contributed by atoms with Crippen LogP contribution in [0.2, 0.25) is 0 Å². The maximum Gasteiger partial charge on any atom is 0.0626 e. The van der Waals surface area contributed by atoms with Gasteiger partial charge in [-0.25, -0.2) is 0 Å². The van der Waals surface area contributed by atoms with E-state index in [2.05, 4.69) is 38.1 Å². The fraction of sp³-hybridized carbons (Fsp3) is 0.182. The molecule has 0 spiro atoms. The van der Waals surface area contributed by atoms with Gasteiger partial charge >= 0.3 is 0 Å². The standard InChI is InChI=1S/C8H10.4C7H8.C6H6.C2H6/c1-7-3-5-8(2)6-4-7;4*1-7-5-3-2-4-6-7;1-2-4-6-5-3-1;1-2/h3-6H,1-2H3;4*2-6H,1H3;1-6H;1-2H3/i3D,4D,5D,6D;2*2D,3D,4D,5D,6D;;;;. The number of benzene rings is 6. The lowest BCUT2D eigenvalue weighted by Gasteiger charge is -1.90.